The Balaban J connectivity index is 2.21. The molecule has 2 N–H and O–H groups in total. The SMILES string of the molecule is CCCNc1cc([N+](=O)[O-])cc(NC2(C)CC2)n1. The fourth-order valence-corrected chi connectivity index (χ4v) is 1.65. The summed E-state index contributed by atoms with van der Waals surface area (Å²) >= 11 is 0. The lowest BCUT2D eigenvalue weighted by Crippen LogP contribution is -2.17. The normalized spacial score (nSPS) is 16.1. The molecule has 0 atom stereocenters. The summed E-state index contributed by atoms with van der Waals surface area (Å²) in [5.74, 6) is 1.13. The van der Waals surface area contributed by atoms with Crippen molar-refractivity contribution < 1.29 is 4.92 Å². The van der Waals surface area contributed by atoms with Gasteiger partial charge in [-0.3, -0.25) is 10.1 Å². The number of nitro groups is 1. The molecule has 1 saturated carbocycles. The first-order chi connectivity index (χ1) is 8.52. The van der Waals surface area contributed by atoms with Crippen molar-refractivity contribution in [2.75, 3.05) is 17.2 Å². The highest BCUT2D eigenvalue weighted by atomic mass is 16.6. The maximum atomic E-state index is 10.9. The van der Waals surface area contributed by atoms with E-state index in [0.29, 0.717) is 11.6 Å². The predicted molar refractivity (Wildman–Crippen MR) is 70.9 cm³/mol. The summed E-state index contributed by atoms with van der Waals surface area (Å²) in [6.07, 6.45) is 3.11. The first-order valence-electron chi connectivity index (χ1n) is 6.21. The Morgan fingerprint density at radius 2 is 2.11 bits per heavy atom. The van der Waals surface area contributed by atoms with Gasteiger partial charge in [0, 0.05) is 12.1 Å². The van der Waals surface area contributed by atoms with Gasteiger partial charge in [0.2, 0.25) is 0 Å². The molecule has 0 radical (unpaired) electrons. The zero-order valence-corrected chi connectivity index (χ0v) is 10.7. The van der Waals surface area contributed by atoms with Crippen molar-refractivity contribution >= 4 is 17.3 Å². The van der Waals surface area contributed by atoms with Gasteiger partial charge in [-0.25, -0.2) is 4.98 Å². The van der Waals surface area contributed by atoms with Gasteiger partial charge < -0.3 is 10.6 Å². The van der Waals surface area contributed by atoms with Gasteiger partial charge in [0.05, 0.1) is 17.1 Å². The van der Waals surface area contributed by atoms with E-state index in [0.717, 1.165) is 25.8 Å². The van der Waals surface area contributed by atoms with Crippen LogP contribution >= 0.6 is 0 Å². The van der Waals surface area contributed by atoms with Crippen LogP contribution in [0.4, 0.5) is 17.3 Å². The first kappa shape index (κ1) is 12.6. The third-order valence-corrected chi connectivity index (χ3v) is 3.01. The van der Waals surface area contributed by atoms with Crippen LogP contribution in [0.3, 0.4) is 0 Å². The number of nitrogens with one attached hydrogen (secondary N) is 2. The third-order valence-electron chi connectivity index (χ3n) is 3.01. The Hall–Kier alpha value is -1.85. The highest BCUT2D eigenvalue weighted by Crippen LogP contribution is 2.38. The summed E-state index contributed by atoms with van der Waals surface area (Å²) in [6.45, 7) is 4.88. The van der Waals surface area contributed by atoms with Crippen LogP contribution < -0.4 is 10.6 Å². The molecule has 2 rings (SSSR count). The average Bonchev–Trinajstić information content (AvgIpc) is 3.03. The van der Waals surface area contributed by atoms with Crippen molar-refractivity contribution in [2.24, 2.45) is 0 Å². The molecule has 0 amide bonds. The Morgan fingerprint density at radius 1 is 1.44 bits per heavy atom. The Morgan fingerprint density at radius 3 is 2.67 bits per heavy atom. The number of anilines is 2. The second-order valence-corrected chi connectivity index (χ2v) is 4.97. The number of pyridine rings is 1. The van der Waals surface area contributed by atoms with Crippen LogP contribution in [0.5, 0.6) is 0 Å². The predicted octanol–water partition coefficient (Wildman–Crippen LogP) is 2.78. The molecule has 1 aromatic heterocycles. The van der Waals surface area contributed by atoms with Crippen LogP contribution in [0.1, 0.15) is 33.1 Å². The van der Waals surface area contributed by atoms with E-state index < -0.39 is 0 Å². The van der Waals surface area contributed by atoms with Gasteiger partial charge in [0.1, 0.15) is 11.6 Å². The van der Waals surface area contributed by atoms with Gasteiger partial charge >= 0.3 is 0 Å². The third kappa shape index (κ3) is 3.09. The van der Waals surface area contributed by atoms with Gasteiger partial charge in [0.15, 0.2) is 0 Å². The molecule has 1 heterocycles. The lowest BCUT2D eigenvalue weighted by Gasteiger charge is -2.13. The smallest absolute Gasteiger partial charge is 0.276 e. The van der Waals surface area contributed by atoms with Crippen LogP contribution in [0, 0.1) is 10.1 Å². The highest BCUT2D eigenvalue weighted by Gasteiger charge is 2.37. The summed E-state index contributed by atoms with van der Waals surface area (Å²) in [4.78, 5) is 14.8. The maximum Gasteiger partial charge on any atom is 0.276 e. The Labute approximate surface area is 106 Å². The highest BCUT2D eigenvalue weighted by molar-refractivity contribution is 5.56. The molecule has 0 unspecified atom stereocenters. The van der Waals surface area contributed by atoms with Gasteiger partial charge in [-0.15, -0.1) is 0 Å². The number of hydrogen-bond acceptors (Lipinski definition) is 5. The van der Waals surface area contributed by atoms with Crippen LogP contribution in [-0.4, -0.2) is 22.0 Å². The molecule has 0 aliphatic heterocycles. The summed E-state index contributed by atoms with van der Waals surface area (Å²) in [7, 11) is 0. The molecule has 0 bridgehead atoms. The molecular weight excluding hydrogens is 232 g/mol. The molecule has 0 saturated heterocycles. The summed E-state index contributed by atoms with van der Waals surface area (Å²) in [5.41, 5.74) is 0.125. The molecule has 0 spiro atoms. The van der Waals surface area contributed by atoms with E-state index >= 15 is 0 Å². The maximum absolute atomic E-state index is 10.9. The summed E-state index contributed by atoms with van der Waals surface area (Å²) in [6, 6.07) is 2.96. The minimum Gasteiger partial charge on any atom is -0.370 e. The van der Waals surface area contributed by atoms with E-state index in [1.54, 1.807) is 0 Å². The Kier molecular flexibility index (Phi) is 3.36. The number of aromatic nitrogens is 1. The monoisotopic (exact) mass is 250 g/mol. The molecule has 6 heteroatoms. The second-order valence-electron chi connectivity index (χ2n) is 4.97. The largest absolute Gasteiger partial charge is 0.370 e. The lowest BCUT2D eigenvalue weighted by atomic mass is 10.3. The zero-order chi connectivity index (χ0) is 13.2. The molecule has 1 fully saturated rings. The fraction of sp³-hybridized carbons (Fsp3) is 0.583. The molecule has 1 aliphatic carbocycles. The average molecular weight is 250 g/mol. The van der Waals surface area contributed by atoms with Gasteiger partial charge in [-0.05, 0) is 26.2 Å². The van der Waals surface area contributed by atoms with E-state index in [9.17, 15) is 10.1 Å². The van der Waals surface area contributed by atoms with Gasteiger partial charge in [-0.2, -0.15) is 0 Å². The van der Waals surface area contributed by atoms with E-state index in [1.165, 1.54) is 12.1 Å². The number of nitrogens with zero attached hydrogens (tertiary/aromatic N) is 2. The lowest BCUT2D eigenvalue weighted by molar-refractivity contribution is -0.384. The minimum atomic E-state index is -0.390. The van der Waals surface area contributed by atoms with E-state index in [4.69, 9.17) is 0 Å². The van der Waals surface area contributed by atoms with Gasteiger partial charge in [-0.1, -0.05) is 6.92 Å². The summed E-state index contributed by atoms with van der Waals surface area (Å²) < 4.78 is 0. The molecule has 1 aliphatic rings. The van der Waals surface area contributed by atoms with Crippen molar-refractivity contribution in [3.8, 4) is 0 Å². The van der Waals surface area contributed by atoms with E-state index in [1.807, 2.05) is 6.92 Å². The summed E-state index contributed by atoms with van der Waals surface area (Å²) in [5, 5.41) is 17.2. The molecule has 6 nitrogen and oxygen atoms in total. The molecule has 98 valence electrons. The molecule has 18 heavy (non-hydrogen) atoms. The van der Waals surface area contributed by atoms with Crippen LogP contribution in [0.15, 0.2) is 12.1 Å². The second kappa shape index (κ2) is 4.80. The topological polar surface area (TPSA) is 80.1 Å². The Bertz CT molecular complexity index is 457. The first-order valence-corrected chi connectivity index (χ1v) is 6.21. The van der Waals surface area contributed by atoms with Crippen LogP contribution in [0.25, 0.3) is 0 Å². The number of rotatable bonds is 6. The van der Waals surface area contributed by atoms with E-state index in [2.05, 4.69) is 22.5 Å². The van der Waals surface area contributed by atoms with Crippen molar-refractivity contribution in [1.82, 2.24) is 4.98 Å². The van der Waals surface area contributed by atoms with Crippen molar-refractivity contribution in [3.05, 3.63) is 22.2 Å². The van der Waals surface area contributed by atoms with Crippen molar-refractivity contribution in [2.45, 2.75) is 38.6 Å². The van der Waals surface area contributed by atoms with Gasteiger partial charge in [0.25, 0.3) is 5.69 Å². The van der Waals surface area contributed by atoms with Crippen molar-refractivity contribution in [3.63, 3.8) is 0 Å². The van der Waals surface area contributed by atoms with E-state index in [-0.39, 0.29) is 16.1 Å². The standard InChI is InChI=1S/C12H18N4O2/c1-3-6-13-10-7-9(16(17)18)8-11(14-10)15-12(2)4-5-12/h7-8H,3-6H2,1-2H3,(H2,13,14,15). The molecular formula is C12H18N4O2. The quantitative estimate of drug-likeness (QED) is 0.599. The van der Waals surface area contributed by atoms with Crippen LogP contribution in [-0.2, 0) is 0 Å². The molecule has 1 aromatic rings. The fourth-order valence-electron chi connectivity index (χ4n) is 1.65. The van der Waals surface area contributed by atoms with Crippen molar-refractivity contribution in [1.29, 1.82) is 0 Å². The molecule has 0 aromatic carbocycles. The van der Waals surface area contributed by atoms with Crippen LogP contribution in [0.2, 0.25) is 0 Å². The minimum absolute atomic E-state index is 0.0598. The number of hydrogen-bond donors (Lipinski definition) is 2. The zero-order valence-electron chi connectivity index (χ0n) is 10.7.